The molecule has 1 aromatic carbocycles. The molecule has 2 aliphatic heterocycles. The molecular weight excluding hydrogens is 288 g/mol. The van der Waals surface area contributed by atoms with E-state index < -0.39 is 0 Å². The largest absolute Gasteiger partial charge is 0.497 e. The third kappa shape index (κ3) is 4.14. The van der Waals surface area contributed by atoms with E-state index in [4.69, 9.17) is 4.74 Å². The molecule has 0 aliphatic carbocycles. The number of hydrogen-bond donors (Lipinski definition) is 0. The zero-order chi connectivity index (χ0) is 16.1. The van der Waals surface area contributed by atoms with Gasteiger partial charge in [-0.3, -0.25) is 4.79 Å². The van der Waals surface area contributed by atoms with Gasteiger partial charge in [0.15, 0.2) is 0 Å². The zero-order valence-corrected chi connectivity index (χ0v) is 13.9. The van der Waals surface area contributed by atoms with Crippen LogP contribution in [0.4, 0.5) is 0 Å². The lowest BCUT2D eigenvalue weighted by atomic mass is 10.2. The lowest BCUT2D eigenvalue weighted by molar-refractivity contribution is -0.127. The predicted octanol–water partition coefficient (Wildman–Crippen LogP) is 2.80. The maximum absolute atomic E-state index is 12.5. The molecule has 0 aromatic heterocycles. The summed E-state index contributed by atoms with van der Waals surface area (Å²) < 4.78 is 5.22. The fraction of sp³-hybridized carbons (Fsp3) is 0.526. The van der Waals surface area contributed by atoms with Gasteiger partial charge in [0.25, 0.3) is 0 Å². The molecule has 0 N–H and O–H groups in total. The van der Waals surface area contributed by atoms with Crippen molar-refractivity contribution in [3.05, 3.63) is 35.9 Å². The van der Waals surface area contributed by atoms with E-state index >= 15 is 0 Å². The Hall–Kier alpha value is -1.81. The van der Waals surface area contributed by atoms with E-state index in [1.54, 1.807) is 13.2 Å². The number of amides is 1. The summed E-state index contributed by atoms with van der Waals surface area (Å²) in [6, 6.07) is 8.16. The van der Waals surface area contributed by atoms with E-state index in [1.165, 1.54) is 25.9 Å². The van der Waals surface area contributed by atoms with Gasteiger partial charge in [-0.25, -0.2) is 0 Å². The van der Waals surface area contributed by atoms with Crippen molar-refractivity contribution in [3.63, 3.8) is 0 Å². The topological polar surface area (TPSA) is 32.8 Å². The molecule has 4 nitrogen and oxygen atoms in total. The van der Waals surface area contributed by atoms with Crippen LogP contribution in [0.3, 0.4) is 0 Å². The third-order valence-corrected chi connectivity index (χ3v) is 4.84. The van der Waals surface area contributed by atoms with Crippen molar-refractivity contribution in [2.45, 2.75) is 31.7 Å². The van der Waals surface area contributed by atoms with Crippen molar-refractivity contribution in [1.82, 2.24) is 9.80 Å². The van der Waals surface area contributed by atoms with Crippen molar-refractivity contribution in [2.24, 2.45) is 0 Å². The van der Waals surface area contributed by atoms with E-state index in [0.29, 0.717) is 6.04 Å². The van der Waals surface area contributed by atoms with Crippen LogP contribution in [-0.4, -0.2) is 55.0 Å². The van der Waals surface area contributed by atoms with E-state index in [2.05, 4.69) is 9.80 Å². The molecule has 2 fully saturated rings. The predicted molar refractivity (Wildman–Crippen MR) is 92.4 cm³/mol. The summed E-state index contributed by atoms with van der Waals surface area (Å²) in [4.78, 5) is 17.1. The second-order valence-electron chi connectivity index (χ2n) is 6.45. The first-order chi connectivity index (χ1) is 11.3. The minimum Gasteiger partial charge on any atom is -0.497 e. The molecule has 2 aliphatic rings. The molecule has 0 unspecified atom stereocenters. The van der Waals surface area contributed by atoms with Crippen LogP contribution in [0, 0.1) is 0 Å². The lowest BCUT2D eigenvalue weighted by Crippen LogP contribution is -2.41. The summed E-state index contributed by atoms with van der Waals surface area (Å²) >= 11 is 0. The lowest BCUT2D eigenvalue weighted by Gasteiger charge is -2.27. The molecule has 2 saturated heterocycles. The van der Waals surface area contributed by atoms with Crippen molar-refractivity contribution in [3.8, 4) is 5.75 Å². The molecule has 4 heteroatoms. The maximum atomic E-state index is 12.5. The fourth-order valence-corrected chi connectivity index (χ4v) is 3.59. The molecule has 0 spiro atoms. The van der Waals surface area contributed by atoms with Crippen LogP contribution < -0.4 is 4.74 Å². The van der Waals surface area contributed by atoms with E-state index in [1.807, 2.05) is 30.3 Å². The molecule has 1 aromatic rings. The Morgan fingerprint density at radius 1 is 1.26 bits per heavy atom. The van der Waals surface area contributed by atoms with Gasteiger partial charge in [0.2, 0.25) is 5.91 Å². The SMILES string of the molecule is COc1cccc(/C=C/C(=O)N2CCC[C@H]2CN2CCCC2)c1. The first-order valence-corrected chi connectivity index (χ1v) is 8.61. The minimum absolute atomic E-state index is 0.134. The number of nitrogens with zero attached hydrogens (tertiary/aromatic N) is 2. The number of hydrogen-bond acceptors (Lipinski definition) is 3. The average molecular weight is 314 g/mol. The number of carbonyl (C=O) groups excluding carboxylic acids is 1. The van der Waals surface area contributed by atoms with Gasteiger partial charge >= 0.3 is 0 Å². The van der Waals surface area contributed by atoms with E-state index in [-0.39, 0.29) is 5.91 Å². The summed E-state index contributed by atoms with van der Waals surface area (Å²) in [7, 11) is 1.65. The Bertz CT molecular complexity index is 564. The Morgan fingerprint density at radius 3 is 2.87 bits per heavy atom. The molecular formula is C19H26N2O2. The minimum atomic E-state index is 0.134. The summed E-state index contributed by atoms with van der Waals surface area (Å²) in [5.74, 6) is 0.946. The molecule has 124 valence electrons. The van der Waals surface area contributed by atoms with Crippen LogP contribution in [0.1, 0.15) is 31.2 Å². The fourth-order valence-electron chi connectivity index (χ4n) is 3.59. The van der Waals surface area contributed by atoms with Crippen molar-refractivity contribution >= 4 is 12.0 Å². The third-order valence-electron chi connectivity index (χ3n) is 4.84. The van der Waals surface area contributed by atoms with Crippen LogP contribution in [0.25, 0.3) is 6.08 Å². The van der Waals surface area contributed by atoms with Gasteiger partial charge in [-0.05, 0) is 62.5 Å². The molecule has 3 rings (SSSR count). The van der Waals surface area contributed by atoms with Crippen LogP contribution in [0.15, 0.2) is 30.3 Å². The number of rotatable bonds is 5. The monoisotopic (exact) mass is 314 g/mol. The Balaban J connectivity index is 1.60. The molecule has 23 heavy (non-hydrogen) atoms. The molecule has 1 atom stereocenters. The standard InChI is InChI=1S/C19H26N2O2/c1-23-18-8-4-6-16(14-18)9-10-19(22)21-13-5-7-17(21)15-20-11-2-3-12-20/h4,6,8-10,14,17H,2-3,5,7,11-13,15H2,1H3/b10-9+/t17-/m0/s1. The van der Waals surface area contributed by atoms with Crippen LogP contribution >= 0.6 is 0 Å². The van der Waals surface area contributed by atoms with E-state index in [0.717, 1.165) is 37.2 Å². The molecule has 0 radical (unpaired) electrons. The highest BCUT2D eigenvalue weighted by atomic mass is 16.5. The Morgan fingerprint density at radius 2 is 2.09 bits per heavy atom. The summed E-state index contributed by atoms with van der Waals surface area (Å²) in [5.41, 5.74) is 0.994. The normalized spacial score (nSPS) is 22.1. The van der Waals surface area contributed by atoms with Crippen molar-refractivity contribution in [2.75, 3.05) is 33.3 Å². The highest BCUT2D eigenvalue weighted by Gasteiger charge is 2.29. The van der Waals surface area contributed by atoms with Crippen molar-refractivity contribution in [1.29, 1.82) is 0 Å². The van der Waals surface area contributed by atoms with E-state index in [9.17, 15) is 4.79 Å². The van der Waals surface area contributed by atoms with Gasteiger partial charge in [0.05, 0.1) is 7.11 Å². The summed E-state index contributed by atoms with van der Waals surface area (Å²) in [5, 5.41) is 0. The van der Waals surface area contributed by atoms with Crippen LogP contribution in [0.2, 0.25) is 0 Å². The summed E-state index contributed by atoms with van der Waals surface area (Å²) in [6.07, 6.45) is 8.45. The zero-order valence-electron chi connectivity index (χ0n) is 13.9. The van der Waals surface area contributed by atoms with Gasteiger partial charge in [-0.15, -0.1) is 0 Å². The number of likely N-dealkylation sites (tertiary alicyclic amines) is 2. The van der Waals surface area contributed by atoms with Gasteiger partial charge in [-0.1, -0.05) is 12.1 Å². The first-order valence-electron chi connectivity index (χ1n) is 8.61. The second kappa shape index (κ2) is 7.64. The van der Waals surface area contributed by atoms with Crippen LogP contribution in [0.5, 0.6) is 5.75 Å². The van der Waals surface area contributed by atoms with Crippen LogP contribution in [-0.2, 0) is 4.79 Å². The molecule has 1 amide bonds. The number of benzene rings is 1. The number of carbonyl (C=O) groups is 1. The molecule has 0 bridgehead atoms. The summed E-state index contributed by atoms with van der Waals surface area (Å²) in [6.45, 7) is 4.31. The average Bonchev–Trinajstić information content (AvgIpc) is 3.25. The smallest absolute Gasteiger partial charge is 0.246 e. The highest BCUT2D eigenvalue weighted by Crippen LogP contribution is 2.21. The van der Waals surface area contributed by atoms with Gasteiger partial charge in [0, 0.05) is 25.2 Å². The van der Waals surface area contributed by atoms with Gasteiger partial charge < -0.3 is 14.5 Å². The Kier molecular flexibility index (Phi) is 5.34. The quantitative estimate of drug-likeness (QED) is 0.784. The first kappa shape index (κ1) is 16.1. The van der Waals surface area contributed by atoms with Gasteiger partial charge in [0.1, 0.15) is 5.75 Å². The maximum Gasteiger partial charge on any atom is 0.246 e. The molecule has 2 heterocycles. The number of methoxy groups -OCH3 is 1. The van der Waals surface area contributed by atoms with Gasteiger partial charge in [-0.2, -0.15) is 0 Å². The number of ether oxygens (including phenoxy) is 1. The second-order valence-corrected chi connectivity index (χ2v) is 6.45. The van der Waals surface area contributed by atoms with Crippen molar-refractivity contribution < 1.29 is 9.53 Å². The highest BCUT2D eigenvalue weighted by molar-refractivity contribution is 5.92. The molecule has 0 saturated carbocycles. The Labute approximate surface area is 138 Å².